The van der Waals surface area contributed by atoms with Crippen LogP contribution in [-0.2, 0) is 6.42 Å². The molecule has 0 aliphatic carbocycles. The van der Waals surface area contributed by atoms with Gasteiger partial charge >= 0.3 is 0 Å². The van der Waals surface area contributed by atoms with Crippen LogP contribution >= 0.6 is 0 Å². The molecule has 0 bridgehead atoms. The summed E-state index contributed by atoms with van der Waals surface area (Å²) in [4.78, 5) is 0. The van der Waals surface area contributed by atoms with E-state index in [4.69, 9.17) is 6.42 Å². The molecule has 1 N–H and O–H groups in total. The van der Waals surface area contributed by atoms with Gasteiger partial charge < -0.3 is 5.32 Å². The largest absolute Gasteiger partial charge is 0.314 e. The first-order chi connectivity index (χ1) is 8.67. The summed E-state index contributed by atoms with van der Waals surface area (Å²) in [5, 5.41) is 3.34. The van der Waals surface area contributed by atoms with Crippen molar-refractivity contribution in [3.63, 3.8) is 0 Å². The predicted octanol–water partition coefficient (Wildman–Crippen LogP) is 3.29. The normalized spacial score (nSPS) is 12.1. The number of nitrogens with one attached hydrogen (secondary N) is 1. The Labute approximate surface area is 108 Å². The Bertz CT molecular complexity index is 409. The highest BCUT2D eigenvalue weighted by atomic mass is 19.1. The third-order valence-corrected chi connectivity index (χ3v) is 2.80. The zero-order chi connectivity index (χ0) is 13.4. The highest BCUT2D eigenvalue weighted by Crippen LogP contribution is 2.13. The molecule has 0 heterocycles. The van der Waals surface area contributed by atoms with Crippen LogP contribution in [0.4, 0.5) is 8.78 Å². The topological polar surface area (TPSA) is 12.0 Å². The molecule has 0 saturated heterocycles. The monoisotopic (exact) mass is 251 g/mol. The van der Waals surface area contributed by atoms with Gasteiger partial charge in [0.1, 0.15) is 11.6 Å². The quantitative estimate of drug-likeness (QED) is 0.733. The van der Waals surface area contributed by atoms with E-state index >= 15 is 0 Å². The minimum atomic E-state index is -0.544. The van der Waals surface area contributed by atoms with Crippen molar-refractivity contribution in [1.82, 2.24) is 5.32 Å². The van der Waals surface area contributed by atoms with Crippen LogP contribution in [-0.4, -0.2) is 12.6 Å². The summed E-state index contributed by atoms with van der Waals surface area (Å²) < 4.78 is 26.4. The summed E-state index contributed by atoms with van der Waals surface area (Å²) in [6.07, 6.45) is 8.25. The second-order valence-electron chi connectivity index (χ2n) is 4.33. The van der Waals surface area contributed by atoms with E-state index in [-0.39, 0.29) is 6.04 Å². The van der Waals surface area contributed by atoms with Gasteiger partial charge in [-0.05, 0) is 37.4 Å². The molecule has 0 aliphatic heterocycles. The Balaban J connectivity index is 2.66. The fourth-order valence-electron chi connectivity index (χ4n) is 1.84. The molecule has 0 fully saturated rings. The lowest BCUT2D eigenvalue weighted by Crippen LogP contribution is -2.32. The summed E-state index contributed by atoms with van der Waals surface area (Å²) >= 11 is 0. The van der Waals surface area contributed by atoms with Gasteiger partial charge in [0.2, 0.25) is 0 Å². The van der Waals surface area contributed by atoms with E-state index in [1.54, 1.807) is 0 Å². The Morgan fingerprint density at radius 1 is 1.39 bits per heavy atom. The molecule has 3 heteroatoms. The lowest BCUT2D eigenvalue weighted by molar-refractivity contribution is 0.471. The number of halogens is 2. The maximum Gasteiger partial charge on any atom is 0.129 e. The fraction of sp³-hybridized carbons (Fsp3) is 0.467. The summed E-state index contributed by atoms with van der Waals surface area (Å²) in [6, 6.07) is 3.85. The maximum absolute atomic E-state index is 13.5. The molecule has 0 amide bonds. The van der Waals surface area contributed by atoms with Gasteiger partial charge in [-0.15, -0.1) is 12.3 Å². The average molecular weight is 251 g/mol. The van der Waals surface area contributed by atoms with Crippen LogP contribution in [0.2, 0.25) is 0 Å². The van der Waals surface area contributed by atoms with Gasteiger partial charge in [-0.2, -0.15) is 0 Å². The molecule has 0 aliphatic rings. The first-order valence-corrected chi connectivity index (χ1v) is 6.28. The molecule has 1 aromatic rings. The number of hydrogen-bond acceptors (Lipinski definition) is 1. The molecule has 18 heavy (non-hydrogen) atoms. The SMILES string of the molecule is C#CCCC(Cc1ccc(F)cc1F)NCCC. The van der Waals surface area contributed by atoms with Crippen molar-refractivity contribution in [1.29, 1.82) is 0 Å². The van der Waals surface area contributed by atoms with Crippen molar-refractivity contribution in [3.05, 3.63) is 35.4 Å². The van der Waals surface area contributed by atoms with Crippen molar-refractivity contribution in [3.8, 4) is 12.3 Å². The summed E-state index contributed by atoms with van der Waals surface area (Å²) in [6.45, 7) is 2.95. The van der Waals surface area contributed by atoms with Crippen molar-refractivity contribution >= 4 is 0 Å². The molecule has 1 atom stereocenters. The van der Waals surface area contributed by atoms with Crippen molar-refractivity contribution in [2.75, 3.05) is 6.54 Å². The van der Waals surface area contributed by atoms with Crippen LogP contribution < -0.4 is 5.32 Å². The van der Waals surface area contributed by atoms with Crippen LogP contribution in [0, 0.1) is 24.0 Å². The van der Waals surface area contributed by atoms with E-state index in [0.29, 0.717) is 18.4 Å². The third kappa shape index (κ3) is 4.85. The smallest absolute Gasteiger partial charge is 0.129 e. The molecular weight excluding hydrogens is 232 g/mol. The first-order valence-electron chi connectivity index (χ1n) is 6.28. The molecular formula is C15H19F2N. The number of benzene rings is 1. The van der Waals surface area contributed by atoms with Crippen molar-refractivity contribution in [2.45, 2.75) is 38.6 Å². The number of terminal acetylenes is 1. The molecule has 0 spiro atoms. The molecule has 0 aromatic heterocycles. The molecule has 1 aromatic carbocycles. The van der Waals surface area contributed by atoms with Crippen molar-refractivity contribution < 1.29 is 8.78 Å². The van der Waals surface area contributed by atoms with E-state index in [2.05, 4.69) is 18.2 Å². The minimum Gasteiger partial charge on any atom is -0.314 e. The van der Waals surface area contributed by atoms with Crippen LogP contribution in [0.5, 0.6) is 0 Å². The highest BCUT2D eigenvalue weighted by Gasteiger charge is 2.11. The van der Waals surface area contributed by atoms with Crippen molar-refractivity contribution in [2.24, 2.45) is 0 Å². The highest BCUT2D eigenvalue weighted by molar-refractivity contribution is 5.19. The molecule has 1 nitrogen and oxygen atoms in total. The standard InChI is InChI=1S/C15H19F2N/c1-3-5-6-14(18-9-4-2)10-12-7-8-13(16)11-15(12)17/h1,7-8,11,14,18H,4-6,9-10H2,2H3. The summed E-state index contributed by atoms with van der Waals surface area (Å²) in [5.74, 6) is 1.56. The van der Waals surface area contributed by atoms with Crippen LogP contribution in [0.3, 0.4) is 0 Å². The van der Waals surface area contributed by atoms with Gasteiger partial charge in [-0.1, -0.05) is 13.0 Å². The first kappa shape index (κ1) is 14.7. The average Bonchev–Trinajstić information content (AvgIpc) is 2.35. The summed E-state index contributed by atoms with van der Waals surface area (Å²) in [5.41, 5.74) is 0.530. The lowest BCUT2D eigenvalue weighted by Gasteiger charge is -2.18. The molecule has 0 saturated carbocycles. The Morgan fingerprint density at radius 3 is 2.78 bits per heavy atom. The van der Waals surface area contributed by atoms with Gasteiger partial charge in [0, 0.05) is 18.5 Å². The second kappa shape index (κ2) is 7.84. The maximum atomic E-state index is 13.5. The van der Waals surface area contributed by atoms with Crippen LogP contribution in [0.1, 0.15) is 31.7 Å². The van der Waals surface area contributed by atoms with Gasteiger partial charge in [-0.3, -0.25) is 0 Å². The van der Waals surface area contributed by atoms with E-state index in [1.165, 1.54) is 12.1 Å². The van der Waals surface area contributed by atoms with E-state index in [0.717, 1.165) is 25.5 Å². The molecule has 1 unspecified atom stereocenters. The van der Waals surface area contributed by atoms with Crippen LogP contribution in [0.25, 0.3) is 0 Å². The van der Waals surface area contributed by atoms with E-state index < -0.39 is 11.6 Å². The van der Waals surface area contributed by atoms with Gasteiger partial charge in [0.25, 0.3) is 0 Å². The Hall–Kier alpha value is -1.40. The minimum absolute atomic E-state index is 0.140. The number of rotatable bonds is 7. The predicted molar refractivity (Wildman–Crippen MR) is 70.2 cm³/mol. The second-order valence-corrected chi connectivity index (χ2v) is 4.33. The zero-order valence-electron chi connectivity index (χ0n) is 10.7. The van der Waals surface area contributed by atoms with Gasteiger partial charge in [0.15, 0.2) is 0 Å². The summed E-state index contributed by atoms with van der Waals surface area (Å²) in [7, 11) is 0. The lowest BCUT2D eigenvalue weighted by atomic mass is 10.0. The Kier molecular flexibility index (Phi) is 6.38. The Morgan fingerprint density at radius 2 is 2.17 bits per heavy atom. The molecule has 0 radical (unpaired) electrons. The zero-order valence-corrected chi connectivity index (χ0v) is 10.7. The molecule has 98 valence electrons. The van der Waals surface area contributed by atoms with Gasteiger partial charge in [-0.25, -0.2) is 8.78 Å². The molecule has 1 rings (SSSR count). The van der Waals surface area contributed by atoms with E-state index in [1.807, 2.05) is 0 Å². The fourth-order valence-corrected chi connectivity index (χ4v) is 1.84. The van der Waals surface area contributed by atoms with E-state index in [9.17, 15) is 8.78 Å². The third-order valence-electron chi connectivity index (χ3n) is 2.80. The van der Waals surface area contributed by atoms with Gasteiger partial charge in [0.05, 0.1) is 0 Å². The van der Waals surface area contributed by atoms with Crippen LogP contribution in [0.15, 0.2) is 18.2 Å². The number of hydrogen-bond donors (Lipinski definition) is 1.